The molecule has 1 amide bonds. The zero-order valence-corrected chi connectivity index (χ0v) is 11.7. The standard InChI is InChI=1S/C13H17F2NO2S/c1-13(18,8-19-2)7-16-12(17)6-9-10(14)4-3-5-11(9)15/h3-5,18H,6-8H2,1-2H3,(H,16,17). The van der Waals surface area contributed by atoms with Gasteiger partial charge in [0.1, 0.15) is 11.6 Å². The molecule has 6 heteroatoms. The van der Waals surface area contributed by atoms with Crippen molar-refractivity contribution in [1.82, 2.24) is 5.32 Å². The van der Waals surface area contributed by atoms with Crippen LogP contribution in [0.15, 0.2) is 18.2 Å². The molecule has 0 saturated carbocycles. The largest absolute Gasteiger partial charge is 0.387 e. The van der Waals surface area contributed by atoms with Crippen LogP contribution in [0.1, 0.15) is 12.5 Å². The highest BCUT2D eigenvalue weighted by Gasteiger charge is 2.21. The number of rotatable bonds is 6. The zero-order valence-electron chi connectivity index (χ0n) is 10.9. The summed E-state index contributed by atoms with van der Waals surface area (Å²) in [4.78, 5) is 11.6. The van der Waals surface area contributed by atoms with Gasteiger partial charge in [0.25, 0.3) is 0 Å². The Hall–Kier alpha value is -1.14. The fourth-order valence-corrected chi connectivity index (χ4v) is 2.30. The molecule has 0 spiro atoms. The normalized spacial score (nSPS) is 13.9. The molecule has 0 aliphatic heterocycles. The van der Waals surface area contributed by atoms with E-state index in [1.807, 2.05) is 6.26 Å². The number of carbonyl (C=O) groups is 1. The Labute approximate surface area is 115 Å². The average Bonchev–Trinajstić information content (AvgIpc) is 2.32. The van der Waals surface area contributed by atoms with Crippen LogP contribution in [0, 0.1) is 11.6 Å². The molecule has 1 aromatic carbocycles. The van der Waals surface area contributed by atoms with Crippen LogP contribution in [0.25, 0.3) is 0 Å². The van der Waals surface area contributed by atoms with Crippen molar-refractivity contribution in [3.63, 3.8) is 0 Å². The van der Waals surface area contributed by atoms with Crippen LogP contribution in [0.3, 0.4) is 0 Å². The molecule has 106 valence electrons. The SMILES string of the molecule is CSCC(C)(O)CNC(=O)Cc1c(F)cccc1F. The number of aliphatic hydroxyl groups is 1. The first-order valence-corrected chi connectivity index (χ1v) is 7.16. The van der Waals surface area contributed by atoms with Gasteiger partial charge in [-0.2, -0.15) is 11.8 Å². The lowest BCUT2D eigenvalue weighted by Crippen LogP contribution is -2.43. The Morgan fingerprint density at radius 2 is 2.00 bits per heavy atom. The molecule has 1 atom stereocenters. The monoisotopic (exact) mass is 289 g/mol. The third-order valence-electron chi connectivity index (χ3n) is 2.52. The highest BCUT2D eigenvalue weighted by atomic mass is 32.2. The molecule has 0 radical (unpaired) electrons. The van der Waals surface area contributed by atoms with Gasteiger partial charge in [0, 0.05) is 17.9 Å². The van der Waals surface area contributed by atoms with Crippen LogP contribution in [-0.2, 0) is 11.2 Å². The first-order chi connectivity index (χ1) is 8.85. The van der Waals surface area contributed by atoms with Gasteiger partial charge in [0.05, 0.1) is 12.0 Å². The number of amides is 1. The van der Waals surface area contributed by atoms with Crippen molar-refractivity contribution in [2.24, 2.45) is 0 Å². The Morgan fingerprint density at radius 3 is 2.53 bits per heavy atom. The topological polar surface area (TPSA) is 49.3 Å². The van der Waals surface area contributed by atoms with Crippen molar-refractivity contribution in [1.29, 1.82) is 0 Å². The Balaban J connectivity index is 2.57. The number of carbonyl (C=O) groups excluding carboxylic acids is 1. The second kappa shape index (κ2) is 6.86. The van der Waals surface area contributed by atoms with Crippen molar-refractivity contribution < 1.29 is 18.7 Å². The van der Waals surface area contributed by atoms with Gasteiger partial charge >= 0.3 is 0 Å². The summed E-state index contributed by atoms with van der Waals surface area (Å²) in [6.45, 7) is 1.64. The van der Waals surface area contributed by atoms with Crippen molar-refractivity contribution in [2.75, 3.05) is 18.6 Å². The minimum atomic E-state index is -1.04. The summed E-state index contributed by atoms with van der Waals surface area (Å²) in [6.07, 6.45) is 1.46. The lowest BCUT2D eigenvalue weighted by Gasteiger charge is -2.22. The average molecular weight is 289 g/mol. The minimum absolute atomic E-state index is 0.0444. The molecule has 19 heavy (non-hydrogen) atoms. The molecular formula is C13H17F2NO2S. The van der Waals surface area contributed by atoms with E-state index in [0.29, 0.717) is 5.75 Å². The number of nitrogens with one attached hydrogen (secondary N) is 1. The van der Waals surface area contributed by atoms with Gasteiger partial charge in [-0.25, -0.2) is 8.78 Å². The molecule has 0 fully saturated rings. The zero-order chi connectivity index (χ0) is 14.5. The number of hydrogen-bond acceptors (Lipinski definition) is 3. The smallest absolute Gasteiger partial charge is 0.224 e. The number of thioether (sulfide) groups is 1. The van der Waals surface area contributed by atoms with Gasteiger partial charge in [-0.3, -0.25) is 4.79 Å². The predicted octanol–water partition coefficient (Wildman–Crippen LogP) is 1.74. The summed E-state index contributed by atoms with van der Waals surface area (Å²) in [6, 6.07) is 3.46. The van der Waals surface area contributed by atoms with Gasteiger partial charge in [-0.1, -0.05) is 6.07 Å². The van der Waals surface area contributed by atoms with Crippen LogP contribution in [0.2, 0.25) is 0 Å². The van der Waals surface area contributed by atoms with E-state index in [2.05, 4.69) is 5.32 Å². The van der Waals surface area contributed by atoms with E-state index in [4.69, 9.17) is 0 Å². The van der Waals surface area contributed by atoms with E-state index < -0.39 is 23.1 Å². The lowest BCUT2D eigenvalue weighted by atomic mass is 10.1. The van der Waals surface area contributed by atoms with Crippen LogP contribution in [0.4, 0.5) is 8.78 Å². The highest BCUT2D eigenvalue weighted by Crippen LogP contribution is 2.13. The third kappa shape index (κ3) is 5.16. The molecule has 0 aromatic heterocycles. The molecule has 3 nitrogen and oxygen atoms in total. The summed E-state index contributed by atoms with van der Waals surface area (Å²) >= 11 is 1.45. The first kappa shape index (κ1) is 15.9. The van der Waals surface area contributed by atoms with Gasteiger partial charge in [0.15, 0.2) is 0 Å². The second-order valence-corrected chi connectivity index (χ2v) is 5.45. The third-order valence-corrected chi connectivity index (χ3v) is 3.43. The molecular weight excluding hydrogens is 272 g/mol. The van der Waals surface area contributed by atoms with Crippen molar-refractivity contribution in [3.8, 4) is 0 Å². The van der Waals surface area contributed by atoms with E-state index in [1.165, 1.54) is 17.8 Å². The lowest BCUT2D eigenvalue weighted by molar-refractivity contribution is -0.121. The van der Waals surface area contributed by atoms with Gasteiger partial charge in [-0.05, 0) is 25.3 Å². The van der Waals surface area contributed by atoms with E-state index in [-0.39, 0.29) is 18.5 Å². The van der Waals surface area contributed by atoms with Gasteiger partial charge < -0.3 is 10.4 Å². The maximum absolute atomic E-state index is 13.3. The summed E-state index contributed by atoms with van der Waals surface area (Å²) in [7, 11) is 0. The van der Waals surface area contributed by atoms with Gasteiger partial charge in [0.2, 0.25) is 5.91 Å². The fourth-order valence-electron chi connectivity index (χ4n) is 1.58. The maximum atomic E-state index is 13.3. The number of halogens is 2. The fraction of sp³-hybridized carbons (Fsp3) is 0.462. The summed E-state index contributed by atoms with van der Waals surface area (Å²) in [5.74, 6) is -1.55. The molecule has 1 unspecified atom stereocenters. The quantitative estimate of drug-likeness (QED) is 0.838. The van der Waals surface area contributed by atoms with Crippen LogP contribution in [0.5, 0.6) is 0 Å². The van der Waals surface area contributed by atoms with E-state index >= 15 is 0 Å². The Bertz CT molecular complexity index is 432. The molecule has 0 bridgehead atoms. The molecule has 0 aliphatic rings. The molecule has 1 aromatic rings. The van der Waals surface area contributed by atoms with E-state index in [1.54, 1.807) is 6.92 Å². The summed E-state index contributed by atoms with van der Waals surface area (Å²) in [5.41, 5.74) is -1.30. The van der Waals surface area contributed by atoms with E-state index in [0.717, 1.165) is 12.1 Å². The molecule has 1 rings (SSSR count). The van der Waals surface area contributed by atoms with Crippen molar-refractivity contribution in [3.05, 3.63) is 35.4 Å². The Kier molecular flexibility index (Phi) is 5.75. The molecule has 0 heterocycles. The van der Waals surface area contributed by atoms with Gasteiger partial charge in [-0.15, -0.1) is 0 Å². The molecule has 2 N–H and O–H groups in total. The highest BCUT2D eigenvalue weighted by molar-refractivity contribution is 7.98. The van der Waals surface area contributed by atoms with Crippen LogP contribution < -0.4 is 5.32 Å². The van der Waals surface area contributed by atoms with Crippen molar-refractivity contribution >= 4 is 17.7 Å². The van der Waals surface area contributed by atoms with Crippen LogP contribution >= 0.6 is 11.8 Å². The summed E-state index contributed by atoms with van der Waals surface area (Å²) in [5, 5.41) is 12.3. The second-order valence-electron chi connectivity index (χ2n) is 4.58. The summed E-state index contributed by atoms with van der Waals surface area (Å²) < 4.78 is 26.7. The Morgan fingerprint density at radius 1 is 1.42 bits per heavy atom. The number of hydrogen-bond donors (Lipinski definition) is 2. The molecule has 0 aliphatic carbocycles. The van der Waals surface area contributed by atoms with Crippen molar-refractivity contribution in [2.45, 2.75) is 18.9 Å². The van der Waals surface area contributed by atoms with E-state index in [9.17, 15) is 18.7 Å². The van der Waals surface area contributed by atoms with Crippen LogP contribution in [-0.4, -0.2) is 35.2 Å². The number of benzene rings is 1. The minimum Gasteiger partial charge on any atom is -0.387 e. The first-order valence-electron chi connectivity index (χ1n) is 5.76. The maximum Gasteiger partial charge on any atom is 0.224 e. The predicted molar refractivity (Wildman–Crippen MR) is 72.1 cm³/mol. The molecule has 0 saturated heterocycles.